The number of thiophene rings is 1. The number of rotatable bonds is 5. The molecule has 0 atom stereocenters. The average molecular weight is 380 g/mol. The third-order valence-corrected chi connectivity index (χ3v) is 5.12. The van der Waals surface area contributed by atoms with Gasteiger partial charge in [-0.3, -0.25) is 9.59 Å². The van der Waals surface area contributed by atoms with Crippen molar-refractivity contribution in [2.24, 2.45) is 5.73 Å². The topological polar surface area (TPSA) is 98.5 Å². The largest absolute Gasteiger partial charge is 0.452 e. The molecule has 1 aromatic heterocycles. The number of hydrogen-bond acceptors (Lipinski definition) is 5. The van der Waals surface area contributed by atoms with Gasteiger partial charge in [0, 0.05) is 4.88 Å². The Kier molecular flexibility index (Phi) is 4.99. The molecule has 26 heavy (non-hydrogen) atoms. The third-order valence-electron chi connectivity index (χ3n) is 3.91. The summed E-state index contributed by atoms with van der Waals surface area (Å²) in [5, 5.41) is 2.85. The lowest BCUT2D eigenvalue weighted by molar-refractivity contribution is -0.119. The monoisotopic (exact) mass is 380 g/mol. The second-order valence-electron chi connectivity index (χ2n) is 5.68. The Labute approximate surface area is 150 Å². The van der Waals surface area contributed by atoms with Crippen LogP contribution in [0.5, 0.6) is 0 Å². The zero-order chi connectivity index (χ0) is 18.8. The van der Waals surface area contributed by atoms with E-state index in [-0.39, 0.29) is 5.56 Å². The van der Waals surface area contributed by atoms with E-state index in [2.05, 4.69) is 5.32 Å². The Bertz CT molecular complexity index is 910. The van der Waals surface area contributed by atoms with E-state index in [0.29, 0.717) is 16.6 Å². The molecule has 2 amide bonds. The van der Waals surface area contributed by atoms with Crippen LogP contribution in [0.2, 0.25) is 0 Å². The number of halogens is 2. The summed E-state index contributed by atoms with van der Waals surface area (Å²) in [6, 6.07) is 2.52. The fraction of sp³-hybridized carbons (Fsp3) is 0.235. The molecule has 1 aliphatic rings. The van der Waals surface area contributed by atoms with Crippen molar-refractivity contribution in [3.63, 3.8) is 0 Å². The molecular formula is C17H14F2N2O4S. The van der Waals surface area contributed by atoms with E-state index in [1.165, 1.54) is 11.3 Å². The molecule has 3 rings (SSSR count). The summed E-state index contributed by atoms with van der Waals surface area (Å²) in [5.41, 5.74) is 6.33. The number of carbonyl (C=O) groups is 3. The van der Waals surface area contributed by atoms with E-state index in [1.54, 1.807) is 0 Å². The van der Waals surface area contributed by atoms with Gasteiger partial charge in [-0.15, -0.1) is 11.3 Å². The fourth-order valence-corrected chi connectivity index (χ4v) is 4.06. The quantitative estimate of drug-likeness (QED) is 0.778. The van der Waals surface area contributed by atoms with Crippen LogP contribution < -0.4 is 11.1 Å². The Morgan fingerprint density at radius 2 is 1.96 bits per heavy atom. The summed E-state index contributed by atoms with van der Waals surface area (Å²) < 4.78 is 30.8. The second-order valence-corrected chi connectivity index (χ2v) is 6.78. The summed E-state index contributed by atoms with van der Waals surface area (Å²) in [5.74, 6) is -4.54. The van der Waals surface area contributed by atoms with Crippen LogP contribution in [0.25, 0.3) is 0 Å². The lowest BCUT2D eigenvalue weighted by Gasteiger charge is -2.07. The molecule has 0 saturated heterocycles. The van der Waals surface area contributed by atoms with Gasteiger partial charge in [0.05, 0.1) is 11.1 Å². The minimum Gasteiger partial charge on any atom is -0.452 e. The van der Waals surface area contributed by atoms with Crippen LogP contribution in [0.4, 0.5) is 13.8 Å². The number of ether oxygens (including phenoxy) is 1. The van der Waals surface area contributed by atoms with E-state index in [0.717, 1.165) is 41.8 Å². The van der Waals surface area contributed by atoms with Gasteiger partial charge in [-0.1, -0.05) is 0 Å². The molecular weight excluding hydrogens is 366 g/mol. The van der Waals surface area contributed by atoms with Gasteiger partial charge in [0.2, 0.25) is 0 Å². The molecule has 6 nitrogen and oxygen atoms in total. The normalized spacial score (nSPS) is 12.5. The molecule has 0 radical (unpaired) electrons. The highest BCUT2D eigenvalue weighted by Crippen LogP contribution is 2.38. The van der Waals surface area contributed by atoms with Crippen molar-refractivity contribution < 1.29 is 27.9 Å². The first-order chi connectivity index (χ1) is 12.4. The second kappa shape index (κ2) is 7.20. The maximum atomic E-state index is 13.1. The maximum Gasteiger partial charge on any atom is 0.338 e. The molecule has 1 aromatic carbocycles. The van der Waals surface area contributed by atoms with Gasteiger partial charge in [0.1, 0.15) is 5.00 Å². The highest BCUT2D eigenvalue weighted by molar-refractivity contribution is 7.17. The molecule has 0 unspecified atom stereocenters. The minimum absolute atomic E-state index is 0.218. The number of anilines is 1. The first kappa shape index (κ1) is 18.0. The number of hydrogen-bond donors (Lipinski definition) is 2. The third kappa shape index (κ3) is 3.57. The highest BCUT2D eigenvalue weighted by Gasteiger charge is 2.26. The number of nitrogens with one attached hydrogen (secondary N) is 1. The van der Waals surface area contributed by atoms with Gasteiger partial charge in [-0.2, -0.15) is 0 Å². The highest BCUT2D eigenvalue weighted by atomic mass is 32.1. The molecule has 9 heteroatoms. The number of esters is 1. The molecule has 3 N–H and O–H groups in total. The van der Waals surface area contributed by atoms with Crippen molar-refractivity contribution in [3.05, 3.63) is 51.4 Å². The summed E-state index contributed by atoms with van der Waals surface area (Å²) in [6.07, 6.45) is 2.48. The van der Waals surface area contributed by atoms with Crippen molar-refractivity contribution in [2.45, 2.75) is 19.3 Å². The van der Waals surface area contributed by atoms with Crippen LogP contribution in [0.1, 0.15) is 37.6 Å². The fourth-order valence-electron chi connectivity index (χ4n) is 2.75. The van der Waals surface area contributed by atoms with Crippen LogP contribution in [-0.4, -0.2) is 24.4 Å². The molecule has 0 fully saturated rings. The number of nitrogens with two attached hydrogens (primary N) is 1. The van der Waals surface area contributed by atoms with Crippen LogP contribution >= 0.6 is 11.3 Å². The molecule has 1 aliphatic carbocycles. The number of primary amides is 1. The van der Waals surface area contributed by atoms with E-state index < -0.39 is 36.0 Å². The van der Waals surface area contributed by atoms with Crippen molar-refractivity contribution in [1.29, 1.82) is 0 Å². The van der Waals surface area contributed by atoms with Crippen molar-refractivity contribution in [2.75, 3.05) is 11.9 Å². The van der Waals surface area contributed by atoms with Crippen LogP contribution in [0.15, 0.2) is 18.2 Å². The first-order valence-corrected chi connectivity index (χ1v) is 8.55. The number of amides is 2. The minimum atomic E-state index is -1.19. The average Bonchev–Trinajstić information content (AvgIpc) is 3.15. The van der Waals surface area contributed by atoms with Crippen LogP contribution in [0, 0.1) is 11.6 Å². The lowest BCUT2D eigenvalue weighted by Crippen LogP contribution is -2.22. The molecule has 1 heterocycles. The predicted octanol–water partition coefficient (Wildman–Crippen LogP) is 2.41. The lowest BCUT2D eigenvalue weighted by atomic mass is 10.1. The molecule has 0 spiro atoms. The summed E-state index contributed by atoms with van der Waals surface area (Å²) >= 11 is 1.27. The molecule has 2 aromatic rings. The molecule has 136 valence electrons. The number of fused-ring (bicyclic) bond motifs is 1. The maximum absolute atomic E-state index is 13.1. The van der Waals surface area contributed by atoms with Crippen molar-refractivity contribution in [3.8, 4) is 0 Å². The van der Waals surface area contributed by atoms with Crippen LogP contribution in [-0.2, 0) is 22.4 Å². The van der Waals surface area contributed by atoms with Gasteiger partial charge in [0.25, 0.3) is 11.8 Å². The zero-order valence-corrected chi connectivity index (χ0v) is 14.3. The molecule has 0 saturated carbocycles. The number of benzene rings is 1. The SMILES string of the molecule is NC(=O)c1c(NC(=O)COC(=O)c2ccc(F)c(F)c2)sc2c1CCC2. The number of aryl methyl sites for hydroxylation is 1. The summed E-state index contributed by atoms with van der Waals surface area (Å²) in [6.45, 7) is -0.640. The Morgan fingerprint density at radius 3 is 2.65 bits per heavy atom. The molecule has 0 aliphatic heterocycles. The Morgan fingerprint density at radius 1 is 1.19 bits per heavy atom. The Hall–Kier alpha value is -2.81. The van der Waals surface area contributed by atoms with E-state index in [1.807, 2.05) is 0 Å². The van der Waals surface area contributed by atoms with E-state index >= 15 is 0 Å². The van der Waals surface area contributed by atoms with Gasteiger partial charge in [0.15, 0.2) is 18.2 Å². The van der Waals surface area contributed by atoms with Gasteiger partial charge in [-0.05, 0) is 43.0 Å². The predicted molar refractivity (Wildman–Crippen MR) is 90.1 cm³/mol. The molecule has 0 bridgehead atoms. The zero-order valence-electron chi connectivity index (χ0n) is 13.4. The van der Waals surface area contributed by atoms with E-state index in [9.17, 15) is 23.2 Å². The first-order valence-electron chi connectivity index (χ1n) is 7.73. The van der Waals surface area contributed by atoms with Gasteiger partial charge >= 0.3 is 5.97 Å². The standard InChI is InChI=1S/C17H14F2N2O4S/c18-10-5-4-8(6-11(10)19)17(24)25-7-13(22)21-16-14(15(20)23)9-2-1-3-12(9)26-16/h4-6H,1-3,7H2,(H2,20,23)(H,21,22). The Balaban J connectivity index is 1.64. The van der Waals surface area contributed by atoms with Crippen molar-refractivity contribution >= 4 is 34.1 Å². The van der Waals surface area contributed by atoms with Gasteiger partial charge < -0.3 is 15.8 Å². The number of carbonyl (C=O) groups excluding carboxylic acids is 3. The van der Waals surface area contributed by atoms with Crippen molar-refractivity contribution in [1.82, 2.24) is 0 Å². The smallest absolute Gasteiger partial charge is 0.338 e. The van der Waals surface area contributed by atoms with E-state index in [4.69, 9.17) is 10.5 Å². The summed E-state index contributed by atoms with van der Waals surface area (Å²) in [4.78, 5) is 36.5. The summed E-state index contributed by atoms with van der Waals surface area (Å²) in [7, 11) is 0. The van der Waals surface area contributed by atoms with Gasteiger partial charge in [-0.25, -0.2) is 13.6 Å². The van der Waals surface area contributed by atoms with Crippen LogP contribution in [0.3, 0.4) is 0 Å².